The molecule has 0 bridgehead atoms. The number of piperazine rings is 1. The van der Waals surface area contributed by atoms with Gasteiger partial charge in [-0.05, 0) is 42.9 Å². The van der Waals surface area contributed by atoms with Crippen LogP contribution in [0.3, 0.4) is 0 Å². The van der Waals surface area contributed by atoms with E-state index in [0.29, 0.717) is 19.5 Å². The molecule has 2 unspecified atom stereocenters. The van der Waals surface area contributed by atoms with Gasteiger partial charge in [0.1, 0.15) is 12.1 Å². The fraction of sp³-hybridized carbons (Fsp3) is 0.609. The number of hydrogen-bond acceptors (Lipinski definition) is 4. The van der Waals surface area contributed by atoms with Gasteiger partial charge < -0.3 is 15.1 Å². The molecule has 2 heterocycles. The highest BCUT2D eigenvalue weighted by Crippen LogP contribution is 2.38. The van der Waals surface area contributed by atoms with Crippen molar-refractivity contribution in [1.82, 2.24) is 15.1 Å². The second kappa shape index (κ2) is 8.28. The Balaban J connectivity index is 1.34. The third-order valence-electron chi connectivity index (χ3n) is 7.14. The Bertz CT molecular complexity index is 816. The quantitative estimate of drug-likeness (QED) is 0.771. The number of rotatable bonds is 4. The van der Waals surface area contributed by atoms with Crippen molar-refractivity contribution in [3.63, 3.8) is 0 Å². The Morgan fingerprint density at radius 2 is 1.80 bits per heavy atom. The first-order valence-electron chi connectivity index (χ1n) is 11.2. The van der Waals surface area contributed by atoms with Gasteiger partial charge in [-0.2, -0.15) is 0 Å². The molecule has 30 heavy (non-hydrogen) atoms. The molecule has 1 aromatic rings. The van der Waals surface area contributed by atoms with E-state index in [-0.39, 0.29) is 24.3 Å². The summed E-state index contributed by atoms with van der Waals surface area (Å²) >= 11 is 0. The molecule has 162 valence electrons. The standard InChI is InChI=1S/C23H32N4O3/c1-3-18-7-9-19(10-8-18)25-12-14-26(15-13-25)20(28)16-27-21(29)23(24-22(27)30)11-5-4-6-17(23)2/h7-10,17H,3-6,11-16H2,1-2H3,(H,24,30). The zero-order valence-corrected chi connectivity index (χ0v) is 18.0. The number of nitrogens with zero attached hydrogens (tertiary/aromatic N) is 3. The average Bonchev–Trinajstić information content (AvgIpc) is 3.01. The van der Waals surface area contributed by atoms with Gasteiger partial charge in [-0.15, -0.1) is 0 Å². The van der Waals surface area contributed by atoms with Gasteiger partial charge in [-0.25, -0.2) is 4.79 Å². The van der Waals surface area contributed by atoms with Crippen molar-refractivity contribution in [3.05, 3.63) is 29.8 Å². The number of imide groups is 1. The number of nitrogens with one attached hydrogen (secondary N) is 1. The van der Waals surface area contributed by atoms with Gasteiger partial charge in [0.25, 0.3) is 5.91 Å². The van der Waals surface area contributed by atoms with E-state index in [4.69, 9.17) is 0 Å². The van der Waals surface area contributed by atoms with Crippen molar-refractivity contribution < 1.29 is 14.4 Å². The average molecular weight is 413 g/mol. The summed E-state index contributed by atoms with van der Waals surface area (Å²) < 4.78 is 0. The van der Waals surface area contributed by atoms with Gasteiger partial charge in [0.05, 0.1) is 0 Å². The van der Waals surface area contributed by atoms with Crippen LogP contribution < -0.4 is 10.2 Å². The molecule has 4 rings (SSSR count). The fourth-order valence-corrected chi connectivity index (χ4v) is 5.03. The number of amides is 4. The lowest BCUT2D eigenvalue weighted by Crippen LogP contribution is -2.55. The number of benzene rings is 1. The molecule has 1 aliphatic carbocycles. The molecule has 7 heteroatoms. The minimum absolute atomic E-state index is 0.102. The van der Waals surface area contributed by atoms with Crippen molar-refractivity contribution in [2.24, 2.45) is 5.92 Å². The number of carbonyl (C=O) groups excluding carboxylic acids is 3. The molecule has 4 amide bonds. The van der Waals surface area contributed by atoms with E-state index in [1.165, 1.54) is 11.3 Å². The summed E-state index contributed by atoms with van der Waals surface area (Å²) in [4.78, 5) is 43.6. The molecule has 0 aromatic heterocycles. The predicted octanol–water partition coefficient (Wildman–Crippen LogP) is 2.40. The minimum Gasteiger partial charge on any atom is -0.368 e. The summed E-state index contributed by atoms with van der Waals surface area (Å²) in [6, 6.07) is 8.14. The van der Waals surface area contributed by atoms with Crippen molar-refractivity contribution >= 4 is 23.5 Å². The van der Waals surface area contributed by atoms with Gasteiger partial charge in [-0.3, -0.25) is 14.5 Å². The van der Waals surface area contributed by atoms with Crippen molar-refractivity contribution in [1.29, 1.82) is 0 Å². The molecule has 1 aromatic carbocycles. The lowest BCUT2D eigenvalue weighted by Gasteiger charge is -2.37. The maximum absolute atomic E-state index is 13.1. The summed E-state index contributed by atoms with van der Waals surface area (Å²) in [5, 5.41) is 2.92. The minimum atomic E-state index is -0.807. The molecule has 2 saturated heterocycles. The smallest absolute Gasteiger partial charge is 0.325 e. The van der Waals surface area contributed by atoms with Crippen LogP contribution in [-0.2, 0) is 16.0 Å². The van der Waals surface area contributed by atoms with Crippen LogP contribution in [0.2, 0.25) is 0 Å². The number of urea groups is 1. The molecule has 2 aliphatic heterocycles. The maximum Gasteiger partial charge on any atom is 0.325 e. The van der Waals surface area contributed by atoms with Crippen molar-refractivity contribution in [3.8, 4) is 0 Å². The maximum atomic E-state index is 13.1. The van der Waals surface area contributed by atoms with Crippen LogP contribution in [0.15, 0.2) is 24.3 Å². The second-order valence-electron chi connectivity index (χ2n) is 8.83. The Morgan fingerprint density at radius 1 is 1.10 bits per heavy atom. The van der Waals surface area contributed by atoms with E-state index in [1.807, 2.05) is 6.92 Å². The zero-order valence-electron chi connectivity index (χ0n) is 18.0. The Labute approximate surface area is 178 Å². The second-order valence-corrected chi connectivity index (χ2v) is 8.83. The molecular weight excluding hydrogens is 380 g/mol. The van der Waals surface area contributed by atoms with Gasteiger partial charge in [-0.1, -0.05) is 38.8 Å². The summed E-state index contributed by atoms with van der Waals surface area (Å²) in [6.07, 6.45) is 4.62. The number of anilines is 1. The molecule has 3 aliphatic rings. The highest BCUT2D eigenvalue weighted by Gasteiger charge is 2.55. The third kappa shape index (κ3) is 3.66. The summed E-state index contributed by atoms with van der Waals surface area (Å²) in [5.74, 6) is -0.270. The lowest BCUT2D eigenvalue weighted by molar-refractivity contribution is -0.140. The molecule has 3 fully saturated rings. The third-order valence-corrected chi connectivity index (χ3v) is 7.14. The zero-order chi connectivity index (χ0) is 21.3. The molecule has 2 atom stereocenters. The van der Waals surface area contributed by atoms with E-state index in [9.17, 15) is 14.4 Å². The van der Waals surface area contributed by atoms with Gasteiger partial charge in [0, 0.05) is 31.9 Å². The molecule has 7 nitrogen and oxygen atoms in total. The number of aryl methyl sites for hydroxylation is 1. The SMILES string of the molecule is CCc1ccc(N2CCN(C(=O)CN3C(=O)NC4(CCCCC4C)C3=O)CC2)cc1. The highest BCUT2D eigenvalue weighted by atomic mass is 16.2. The molecule has 1 saturated carbocycles. The van der Waals surface area contributed by atoms with E-state index in [2.05, 4.69) is 41.4 Å². The van der Waals surface area contributed by atoms with Crippen LogP contribution in [0, 0.1) is 5.92 Å². The Morgan fingerprint density at radius 3 is 2.43 bits per heavy atom. The monoisotopic (exact) mass is 412 g/mol. The molecule has 1 spiro atoms. The highest BCUT2D eigenvalue weighted by molar-refractivity contribution is 6.09. The Kier molecular flexibility index (Phi) is 5.71. The van der Waals surface area contributed by atoms with Gasteiger partial charge >= 0.3 is 6.03 Å². The van der Waals surface area contributed by atoms with E-state index >= 15 is 0 Å². The largest absolute Gasteiger partial charge is 0.368 e. The summed E-state index contributed by atoms with van der Waals surface area (Å²) in [7, 11) is 0. The normalized spacial score (nSPS) is 27.0. The van der Waals surface area contributed by atoms with E-state index in [1.54, 1.807) is 4.90 Å². The molecule has 0 radical (unpaired) electrons. The first-order valence-corrected chi connectivity index (χ1v) is 11.2. The summed E-state index contributed by atoms with van der Waals surface area (Å²) in [5.41, 5.74) is 1.67. The van der Waals surface area contributed by atoms with Crippen LogP contribution in [0.4, 0.5) is 10.5 Å². The Hall–Kier alpha value is -2.57. The van der Waals surface area contributed by atoms with Crippen LogP contribution in [0.5, 0.6) is 0 Å². The van der Waals surface area contributed by atoms with Crippen LogP contribution >= 0.6 is 0 Å². The van der Waals surface area contributed by atoms with Crippen LogP contribution in [0.25, 0.3) is 0 Å². The summed E-state index contributed by atoms with van der Waals surface area (Å²) in [6.45, 7) is 6.69. The molecular formula is C23H32N4O3. The van der Waals surface area contributed by atoms with Crippen LogP contribution in [0.1, 0.15) is 45.1 Å². The first-order chi connectivity index (χ1) is 14.4. The van der Waals surface area contributed by atoms with E-state index < -0.39 is 11.6 Å². The fourth-order valence-electron chi connectivity index (χ4n) is 5.03. The molecule has 1 N–H and O–H groups in total. The predicted molar refractivity (Wildman–Crippen MR) is 115 cm³/mol. The van der Waals surface area contributed by atoms with Gasteiger partial charge in [0.2, 0.25) is 5.91 Å². The van der Waals surface area contributed by atoms with E-state index in [0.717, 1.165) is 43.7 Å². The van der Waals surface area contributed by atoms with Crippen molar-refractivity contribution in [2.75, 3.05) is 37.6 Å². The van der Waals surface area contributed by atoms with Crippen LogP contribution in [-0.4, -0.2) is 65.9 Å². The first kappa shape index (κ1) is 20.7. The topological polar surface area (TPSA) is 73.0 Å². The lowest BCUT2D eigenvalue weighted by atomic mass is 9.73. The number of carbonyl (C=O) groups is 3. The van der Waals surface area contributed by atoms with Gasteiger partial charge in [0.15, 0.2) is 0 Å². The van der Waals surface area contributed by atoms with Crippen molar-refractivity contribution in [2.45, 2.75) is 51.5 Å². The number of hydrogen-bond donors (Lipinski definition) is 1.